The third-order valence-electron chi connectivity index (χ3n) is 5.64. The van der Waals surface area contributed by atoms with Crippen molar-refractivity contribution in [3.05, 3.63) is 41.0 Å². The van der Waals surface area contributed by atoms with Crippen molar-refractivity contribution >= 4 is 11.5 Å². The summed E-state index contributed by atoms with van der Waals surface area (Å²) >= 11 is 0. The summed E-state index contributed by atoms with van der Waals surface area (Å²) in [6.45, 7) is 10.5. The Morgan fingerprint density at radius 1 is 1.19 bits per heavy atom. The maximum Gasteiger partial charge on any atom is 0.157 e. The van der Waals surface area contributed by atoms with Crippen molar-refractivity contribution in [1.29, 1.82) is 0 Å². The van der Waals surface area contributed by atoms with Crippen molar-refractivity contribution in [2.45, 2.75) is 59.0 Å². The van der Waals surface area contributed by atoms with Crippen LogP contribution in [0.1, 0.15) is 54.7 Å². The van der Waals surface area contributed by atoms with Crippen LogP contribution in [0.3, 0.4) is 0 Å². The highest BCUT2D eigenvalue weighted by Crippen LogP contribution is 2.29. The standard InChI is InChI=1S/C20H29N7/c1-4-7-26-15(3)17(12-22-26)13-25-8-5-16(6-9-25)18-11-19(21)27-20(23-18)10-14(2)24-27/h10-12,16H,4-9,13,21H2,1-3H3. The molecule has 144 valence electrons. The molecule has 7 nitrogen and oxygen atoms in total. The molecule has 1 fully saturated rings. The van der Waals surface area contributed by atoms with Crippen molar-refractivity contribution < 1.29 is 0 Å². The van der Waals surface area contributed by atoms with Crippen LogP contribution in [0.5, 0.6) is 0 Å². The Kier molecular flexibility index (Phi) is 4.86. The van der Waals surface area contributed by atoms with Gasteiger partial charge in [0.1, 0.15) is 5.82 Å². The zero-order valence-electron chi connectivity index (χ0n) is 16.5. The van der Waals surface area contributed by atoms with Crippen LogP contribution in [0.2, 0.25) is 0 Å². The van der Waals surface area contributed by atoms with E-state index >= 15 is 0 Å². The minimum absolute atomic E-state index is 0.465. The third-order valence-corrected chi connectivity index (χ3v) is 5.64. The number of nitrogens with zero attached hydrogens (tertiary/aromatic N) is 6. The van der Waals surface area contributed by atoms with Crippen LogP contribution >= 0.6 is 0 Å². The fraction of sp³-hybridized carbons (Fsp3) is 0.550. The number of aryl methyl sites for hydroxylation is 2. The van der Waals surface area contributed by atoms with E-state index < -0.39 is 0 Å². The van der Waals surface area contributed by atoms with Crippen LogP contribution in [0.4, 0.5) is 5.82 Å². The predicted octanol–water partition coefficient (Wildman–Crippen LogP) is 2.91. The lowest BCUT2D eigenvalue weighted by atomic mass is 9.93. The second-order valence-corrected chi connectivity index (χ2v) is 7.69. The Balaban J connectivity index is 1.42. The summed E-state index contributed by atoms with van der Waals surface area (Å²) in [5.74, 6) is 1.14. The molecule has 1 aliphatic heterocycles. The summed E-state index contributed by atoms with van der Waals surface area (Å²) in [5, 5.41) is 8.93. The number of hydrogen-bond donors (Lipinski definition) is 1. The van der Waals surface area contributed by atoms with Crippen LogP contribution in [0, 0.1) is 13.8 Å². The Bertz CT molecular complexity index is 931. The van der Waals surface area contributed by atoms with Crippen molar-refractivity contribution in [1.82, 2.24) is 29.3 Å². The molecule has 0 spiro atoms. The van der Waals surface area contributed by atoms with Gasteiger partial charge in [-0.2, -0.15) is 14.7 Å². The van der Waals surface area contributed by atoms with Gasteiger partial charge in [-0.1, -0.05) is 6.92 Å². The van der Waals surface area contributed by atoms with E-state index in [4.69, 9.17) is 10.7 Å². The molecule has 0 aliphatic carbocycles. The smallest absolute Gasteiger partial charge is 0.157 e. The number of rotatable bonds is 5. The van der Waals surface area contributed by atoms with E-state index in [2.05, 4.69) is 33.6 Å². The molecule has 0 aromatic carbocycles. The minimum atomic E-state index is 0.465. The maximum atomic E-state index is 6.19. The van der Waals surface area contributed by atoms with E-state index in [1.165, 1.54) is 11.3 Å². The quantitative estimate of drug-likeness (QED) is 0.750. The van der Waals surface area contributed by atoms with Gasteiger partial charge in [-0.25, -0.2) is 4.98 Å². The van der Waals surface area contributed by atoms with E-state index in [1.54, 1.807) is 4.52 Å². The number of piperidine rings is 1. The van der Waals surface area contributed by atoms with E-state index in [0.29, 0.717) is 11.7 Å². The molecule has 1 aliphatic rings. The summed E-state index contributed by atoms with van der Waals surface area (Å²) in [7, 11) is 0. The highest BCUT2D eigenvalue weighted by atomic mass is 15.3. The summed E-state index contributed by atoms with van der Waals surface area (Å²) in [6.07, 6.45) is 5.37. The highest BCUT2D eigenvalue weighted by molar-refractivity contribution is 5.48. The summed E-state index contributed by atoms with van der Waals surface area (Å²) < 4.78 is 3.85. The van der Waals surface area contributed by atoms with Crippen molar-refractivity contribution in [2.75, 3.05) is 18.8 Å². The van der Waals surface area contributed by atoms with E-state index in [1.807, 2.05) is 25.3 Å². The van der Waals surface area contributed by atoms with Gasteiger partial charge in [-0.15, -0.1) is 0 Å². The Morgan fingerprint density at radius 3 is 2.70 bits per heavy atom. The number of nitrogen functional groups attached to an aromatic ring is 1. The minimum Gasteiger partial charge on any atom is -0.384 e. The molecule has 4 rings (SSSR count). The zero-order chi connectivity index (χ0) is 19.0. The second-order valence-electron chi connectivity index (χ2n) is 7.69. The number of nitrogens with two attached hydrogens (primary N) is 1. The van der Waals surface area contributed by atoms with Gasteiger partial charge in [0.05, 0.1) is 11.9 Å². The van der Waals surface area contributed by atoms with Crippen LogP contribution < -0.4 is 5.73 Å². The molecule has 27 heavy (non-hydrogen) atoms. The Morgan fingerprint density at radius 2 is 1.96 bits per heavy atom. The van der Waals surface area contributed by atoms with Crippen LogP contribution in [0.15, 0.2) is 18.3 Å². The zero-order valence-corrected chi connectivity index (χ0v) is 16.5. The number of likely N-dealkylation sites (tertiary alicyclic amines) is 1. The molecule has 1 saturated heterocycles. The van der Waals surface area contributed by atoms with Gasteiger partial charge < -0.3 is 5.73 Å². The maximum absolute atomic E-state index is 6.19. The molecule has 0 atom stereocenters. The molecular weight excluding hydrogens is 338 g/mol. The lowest BCUT2D eigenvalue weighted by molar-refractivity contribution is 0.203. The average Bonchev–Trinajstić information content (AvgIpc) is 3.20. The molecule has 3 aromatic heterocycles. The van der Waals surface area contributed by atoms with E-state index in [-0.39, 0.29) is 0 Å². The van der Waals surface area contributed by atoms with Crippen LogP contribution in [-0.4, -0.2) is 42.4 Å². The highest BCUT2D eigenvalue weighted by Gasteiger charge is 2.23. The Hall–Kier alpha value is -2.41. The van der Waals surface area contributed by atoms with E-state index in [0.717, 1.165) is 62.5 Å². The molecule has 0 unspecified atom stereocenters. The Labute approximate surface area is 160 Å². The fourth-order valence-electron chi connectivity index (χ4n) is 4.05. The first kappa shape index (κ1) is 18.0. The first-order valence-electron chi connectivity index (χ1n) is 9.91. The molecule has 0 saturated carbocycles. The van der Waals surface area contributed by atoms with Gasteiger partial charge in [0.25, 0.3) is 0 Å². The monoisotopic (exact) mass is 367 g/mol. The van der Waals surface area contributed by atoms with Crippen molar-refractivity contribution in [3.63, 3.8) is 0 Å². The molecule has 4 heterocycles. The predicted molar refractivity (Wildman–Crippen MR) is 107 cm³/mol. The molecule has 7 heteroatoms. The second kappa shape index (κ2) is 7.31. The molecule has 0 radical (unpaired) electrons. The molecular formula is C20H29N7. The van der Waals surface area contributed by atoms with Gasteiger partial charge in [-0.05, 0) is 46.2 Å². The van der Waals surface area contributed by atoms with Gasteiger partial charge in [0.2, 0.25) is 0 Å². The van der Waals surface area contributed by atoms with Crippen LogP contribution in [0.25, 0.3) is 5.65 Å². The third kappa shape index (κ3) is 3.56. The number of anilines is 1. The number of fused-ring (bicyclic) bond motifs is 1. The lowest BCUT2D eigenvalue weighted by Crippen LogP contribution is -2.33. The number of hydrogen-bond acceptors (Lipinski definition) is 5. The SMILES string of the molecule is CCCn1ncc(CN2CCC(c3cc(N)n4nc(C)cc4n3)CC2)c1C. The van der Waals surface area contributed by atoms with Crippen molar-refractivity contribution in [2.24, 2.45) is 0 Å². The van der Waals surface area contributed by atoms with Gasteiger partial charge in [0, 0.05) is 48.1 Å². The first-order chi connectivity index (χ1) is 13.0. The van der Waals surface area contributed by atoms with Crippen molar-refractivity contribution in [3.8, 4) is 0 Å². The van der Waals surface area contributed by atoms with Gasteiger partial charge in [-0.3, -0.25) is 9.58 Å². The summed E-state index contributed by atoms with van der Waals surface area (Å²) in [5.41, 5.74) is 11.7. The summed E-state index contributed by atoms with van der Waals surface area (Å²) in [4.78, 5) is 7.35. The largest absolute Gasteiger partial charge is 0.384 e. The first-order valence-corrected chi connectivity index (χ1v) is 9.91. The normalized spacial score (nSPS) is 16.4. The topological polar surface area (TPSA) is 77.3 Å². The number of aromatic nitrogens is 5. The molecule has 3 aromatic rings. The fourth-order valence-corrected chi connectivity index (χ4v) is 4.05. The molecule has 0 bridgehead atoms. The van der Waals surface area contributed by atoms with Crippen LogP contribution in [-0.2, 0) is 13.1 Å². The molecule has 0 amide bonds. The molecule has 2 N–H and O–H groups in total. The van der Waals surface area contributed by atoms with Gasteiger partial charge >= 0.3 is 0 Å². The average molecular weight is 368 g/mol. The van der Waals surface area contributed by atoms with Gasteiger partial charge in [0.15, 0.2) is 5.65 Å². The summed E-state index contributed by atoms with van der Waals surface area (Å²) in [6, 6.07) is 3.99. The lowest BCUT2D eigenvalue weighted by Gasteiger charge is -2.31. The van der Waals surface area contributed by atoms with E-state index in [9.17, 15) is 0 Å².